The van der Waals surface area contributed by atoms with Crippen LogP contribution in [-0.4, -0.2) is 43.8 Å². The third-order valence-corrected chi connectivity index (χ3v) is 5.27. The fraction of sp³-hybridized carbons (Fsp3) is 0.538. The second-order valence-corrected chi connectivity index (χ2v) is 7.27. The van der Waals surface area contributed by atoms with Crippen LogP contribution in [0.25, 0.3) is 0 Å². The first-order valence-electron chi connectivity index (χ1n) is 6.46. The lowest BCUT2D eigenvalue weighted by Gasteiger charge is -2.23. The summed E-state index contributed by atoms with van der Waals surface area (Å²) in [6.45, 7) is 0.888. The predicted molar refractivity (Wildman–Crippen MR) is 72.3 cm³/mol. The quantitative estimate of drug-likeness (QED) is 0.830. The topological polar surface area (TPSA) is 75.6 Å². The van der Waals surface area contributed by atoms with E-state index in [0.717, 1.165) is 25.1 Å². The van der Waals surface area contributed by atoms with Crippen molar-refractivity contribution >= 4 is 15.5 Å². The highest BCUT2D eigenvalue weighted by atomic mass is 32.2. The molecule has 0 aliphatic carbocycles. The number of anilines is 1. The average molecular weight is 283 g/mol. The number of hydrogen-bond donors (Lipinski definition) is 2. The van der Waals surface area contributed by atoms with Crippen LogP contribution in [0.15, 0.2) is 18.2 Å². The van der Waals surface area contributed by atoms with Gasteiger partial charge in [-0.15, -0.1) is 0 Å². The van der Waals surface area contributed by atoms with Crippen LogP contribution in [0.4, 0.5) is 5.69 Å². The van der Waals surface area contributed by atoms with Gasteiger partial charge in [-0.2, -0.15) is 0 Å². The zero-order chi connectivity index (χ0) is 13.5. The van der Waals surface area contributed by atoms with E-state index in [4.69, 9.17) is 4.74 Å². The fourth-order valence-corrected chi connectivity index (χ4v) is 4.31. The summed E-state index contributed by atoms with van der Waals surface area (Å²) < 4.78 is 28.7. The van der Waals surface area contributed by atoms with E-state index in [1.165, 1.54) is 5.56 Å². The van der Waals surface area contributed by atoms with Gasteiger partial charge in [-0.3, -0.25) is 0 Å². The normalized spacial score (nSPS) is 28.5. The second-order valence-electron chi connectivity index (χ2n) is 5.12. The molecule has 0 radical (unpaired) electrons. The Morgan fingerprint density at radius 3 is 2.89 bits per heavy atom. The molecule has 0 aromatic heterocycles. The third kappa shape index (κ3) is 2.55. The molecule has 2 heterocycles. The number of aryl methyl sites for hydroxylation is 1. The zero-order valence-electron chi connectivity index (χ0n) is 10.5. The lowest BCUT2D eigenvalue weighted by Crippen LogP contribution is -2.30. The van der Waals surface area contributed by atoms with E-state index in [1.54, 1.807) is 0 Å². The monoisotopic (exact) mass is 283 g/mol. The Balaban J connectivity index is 1.84. The van der Waals surface area contributed by atoms with Crippen molar-refractivity contribution in [1.29, 1.82) is 0 Å². The maximum absolute atomic E-state index is 11.5. The van der Waals surface area contributed by atoms with Crippen LogP contribution in [0.2, 0.25) is 0 Å². The van der Waals surface area contributed by atoms with E-state index in [-0.39, 0.29) is 11.5 Å². The number of ether oxygens (including phenoxy) is 1. The Bertz CT molecular complexity index is 584. The Labute approximate surface area is 112 Å². The smallest absolute Gasteiger partial charge is 0.156 e. The molecule has 2 aliphatic heterocycles. The molecule has 5 nitrogen and oxygen atoms in total. The Morgan fingerprint density at radius 1 is 1.32 bits per heavy atom. The van der Waals surface area contributed by atoms with Crippen LogP contribution >= 0.6 is 0 Å². The number of fused-ring (bicyclic) bond motifs is 1. The number of para-hydroxylation sites is 1. The molecule has 0 bridgehead atoms. The summed E-state index contributed by atoms with van der Waals surface area (Å²) in [5, 5.41) is 13.1. The minimum Gasteiger partial charge on any atom is -0.484 e. The predicted octanol–water partition coefficient (Wildman–Crippen LogP) is 0.581. The number of aliphatic hydroxyl groups excluding tert-OH is 1. The average Bonchev–Trinajstić information content (AvgIpc) is 2.63. The molecular formula is C13H17NO4S. The van der Waals surface area contributed by atoms with Gasteiger partial charge in [0.15, 0.2) is 9.84 Å². The zero-order valence-corrected chi connectivity index (χ0v) is 11.3. The highest BCUT2D eigenvalue weighted by Crippen LogP contribution is 2.33. The fourth-order valence-electron chi connectivity index (χ4n) is 2.65. The first-order valence-corrected chi connectivity index (χ1v) is 8.28. The van der Waals surface area contributed by atoms with Gasteiger partial charge >= 0.3 is 0 Å². The molecule has 2 aliphatic rings. The Hall–Kier alpha value is -1.27. The first-order chi connectivity index (χ1) is 9.05. The van der Waals surface area contributed by atoms with Gasteiger partial charge in [-0.25, -0.2) is 8.42 Å². The number of aliphatic hydroxyl groups is 1. The number of rotatable bonds is 2. The van der Waals surface area contributed by atoms with E-state index in [1.807, 2.05) is 18.2 Å². The summed E-state index contributed by atoms with van der Waals surface area (Å²) >= 11 is 0. The number of nitrogens with one attached hydrogen (secondary N) is 1. The van der Waals surface area contributed by atoms with E-state index in [0.29, 0.717) is 5.75 Å². The van der Waals surface area contributed by atoms with Crippen molar-refractivity contribution in [2.45, 2.75) is 25.0 Å². The molecule has 1 fully saturated rings. The molecule has 19 heavy (non-hydrogen) atoms. The van der Waals surface area contributed by atoms with Crippen molar-refractivity contribution in [1.82, 2.24) is 0 Å². The maximum Gasteiger partial charge on any atom is 0.156 e. The van der Waals surface area contributed by atoms with Gasteiger partial charge in [0.2, 0.25) is 0 Å². The molecule has 1 saturated heterocycles. The van der Waals surface area contributed by atoms with Crippen molar-refractivity contribution in [3.63, 3.8) is 0 Å². The molecule has 0 spiro atoms. The standard InChI is InChI=1S/C13H17NO4S/c15-10-7-19(16,17)8-12(10)18-11-5-1-3-9-4-2-6-14-13(9)11/h1,3,5,10,12,14-15H,2,4,6-8H2. The maximum atomic E-state index is 11.5. The number of hydrogen-bond acceptors (Lipinski definition) is 5. The summed E-state index contributed by atoms with van der Waals surface area (Å²) in [6.07, 6.45) is 0.465. The van der Waals surface area contributed by atoms with Gasteiger partial charge in [-0.1, -0.05) is 12.1 Å². The number of sulfone groups is 1. The van der Waals surface area contributed by atoms with Gasteiger partial charge in [0.05, 0.1) is 17.2 Å². The highest BCUT2D eigenvalue weighted by molar-refractivity contribution is 7.91. The Kier molecular flexibility index (Phi) is 3.14. The molecular weight excluding hydrogens is 266 g/mol. The van der Waals surface area contributed by atoms with Crippen LogP contribution in [0.1, 0.15) is 12.0 Å². The van der Waals surface area contributed by atoms with Crippen LogP contribution in [-0.2, 0) is 16.3 Å². The molecule has 2 unspecified atom stereocenters. The summed E-state index contributed by atoms with van der Waals surface area (Å²) in [5.41, 5.74) is 2.12. The minimum absolute atomic E-state index is 0.113. The van der Waals surface area contributed by atoms with Crippen molar-refractivity contribution in [2.75, 3.05) is 23.4 Å². The molecule has 6 heteroatoms. The van der Waals surface area contributed by atoms with Crippen LogP contribution in [0.5, 0.6) is 5.75 Å². The number of benzene rings is 1. The van der Waals surface area contributed by atoms with Crippen LogP contribution < -0.4 is 10.1 Å². The second kappa shape index (κ2) is 4.68. The van der Waals surface area contributed by atoms with Gasteiger partial charge in [-0.05, 0) is 24.5 Å². The molecule has 3 rings (SSSR count). The van der Waals surface area contributed by atoms with Gasteiger partial charge in [0, 0.05) is 6.54 Å². The summed E-state index contributed by atoms with van der Waals surface area (Å²) in [5.74, 6) is 0.316. The SMILES string of the molecule is O=S1(=O)CC(O)C(Oc2cccc3c2NCCC3)C1. The van der Waals surface area contributed by atoms with E-state index in [2.05, 4.69) is 5.32 Å². The lowest BCUT2D eigenvalue weighted by molar-refractivity contribution is 0.0742. The molecule has 1 aromatic carbocycles. The third-order valence-electron chi connectivity index (χ3n) is 3.59. The van der Waals surface area contributed by atoms with Crippen molar-refractivity contribution < 1.29 is 18.3 Å². The minimum atomic E-state index is -3.18. The summed E-state index contributed by atoms with van der Waals surface area (Å²) in [7, 11) is -3.18. The van der Waals surface area contributed by atoms with E-state index < -0.39 is 22.0 Å². The molecule has 104 valence electrons. The summed E-state index contributed by atoms with van der Waals surface area (Å²) in [6, 6.07) is 5.75. The first kappa shape index (κ1) is 12.7. The molecule has 0 amide bonds. The van der Waals surface area contributed by atoms with E-state index >= 15 is 0 Å². The molecule has 1 aromatic rings. The largest absolute Gasteiger partial charge is 0.484 e. The van der Waals surface area contributed by atoms with Crippen molar-refractivity contribution in [2.24, 2.45) is 0 Å². The summed E-state index contributed by atoms with van der Waals surface area (Å²) in [4.78, 5) is 0. The molecule has 2 atom stereocenters. The lowest BCUT2D eigenvalue weighted by atomic mass is 10.0. The van der Waals surface area contributed by atoms with Crippen molar-refractivity contribution in [3.05, 3.63) is 23.8 Å². The van der Waals surface area contributed by atoms with Crippen LogP contribution in [0, 0.1) is 0 Å². The molecule has 2 N–H and O–H groups in total. The molecule has 0 saturated carbocycles. The van der Waals surface area contributed by atoms with Gasteiger partial charge in [0.25, 0.3) is 0 Å². The van der Waals surface area contributed by atoms with Gasteiger partial charge < -0.3 is 15.2 Å². The Morgan fingerprint density at radius 2 is 2.16 bits per heavy atom. The van der Waals surface area contributed by atoms with Gasteiger partial charge in [0.1, 0.15) is 18.0 Å². The van der Waals surface area contributed by atoms with Crippen LogP contribution in [0.3, 0.4) is 0 Å². The van der Waals surface area contributed by atoms with E-state index in [9.17, 15) is 13.5 Å². The van der Waals surface area contributed by atoms with Crippen molar-refractivity contribution in [3.8, 4) is 5.75 Å². The highest BCUT2D eigenvalue weighted by Gasteiger charge is 2.38.